The molecule has 1 saturated heterocycles. The number of morpholine rings is 1. The van der Waals surface area contributed by atoms with E-state index in [1.54, 1.807) is 12.1 Å². The van der Waals surface area contributed by atoms with E-state index >= 15 is 0 Å². The first kappa shape index (κ1) is 28.2. The molecule has 1 aromatic rings. The molecule has 3 saturated carbocycles. The number of ketones is 1. The fourth-order valence-electron chi connectivity index (χ4n) is 10.7. The second-order valence-corrected chi connectivity index (χ2v) is 14.9. The highest BCUT2D eigenvalue weighted by atomic mass is 35.5. The summed E-state index contributed by atoms with van der Waals surface area (Å²) in [5.74, 6) is -0.233. The number of aliphatic hydroxyl groups is 2. The highest BCUT2D eigenvalue weighted by Crippen LogP contribution is 2.78. The number of benzene rings is 1. The van der Waals surface area contributed by atoms with E-state index in [4.69, 9.17) is 16.3 Å². The summed E-state index contributed by atoms with van der Waals surface area (Å²) >= 11 is 6.41. The van der Waals surface area contributed by atoms with Crippen molar-refractivity contribution in [3.63, 3.8) is 0 Å². The number of nitrogens with zero attached hydrogens (tertiary/aromatic N) is 1. The molecule has 7 aliphatic rings. The Hall–Kier alpha value is -1.57. The Balaban J connectivity index is 1.33. The van der Waals surface area contributed by atoms with Crippen LogP contribution in [0.5, 0.6) is 0 Å². The van der Waals surface area contributed by atoms with Gasteiger partial charge in [0.2, 0.25) is 0 Å². The zero-order valence-corrected chi connectivity index (χ0v) is 25.1. The third-order valence-corrected chi connectivity index (χ3v) is 13.4. The molecule has 8 rings (SSSR count). The first-order chi connectivity index (χ1) is 19.5. The molecule has 7 heteroatoms. The predicted molar refractivity (Wildman–Crippen MR) is 156 cm³/mol. The lowest BCUT2D eigenvalue weighted by atomic mass is 9.32. The molecule has 2 bridgehead atoms. The van der Waals surface area contributed by atoms with Gasteiger partial charge >= 0.3 is 0 Å². The molecule has 41 heavy (non-hydrogen) atoms. The number of Topliss-reactive ketones (excluding diaryl/α,β-unsaturated/α-hetero) is 1. The summed E-state index contributed by atoms with van der Waals surface area (Å²) in [6, 6.07) is 4.58. The molecule has 1 aromatic carbocycles. The van der Waals surface area contributed by atoms with Gasteiger partial charge in [-0.3, -0.25) is 9.69 Å². The van der Waals surface area contributed by atoms with E-state index < -0.39 is 28.4 Å². The molecule has 1 aliphatic heterocycles. The zero-order valence-electron chi connectivity index (χ0n) is 24.3. The minimum absolute atomic E-state index is 0.0827. The van der Waals surface area contributed by atoms with Crippen LogP contribution in [0.15, 0.2) is 42.0 Å². The monoisotopic (exact) mass is 583 g/mol. The Kier molecular flexibility index (Phi) is 6.51. The molecule has 1 heterocycles. The van der Waals surface area contributed by atoms with E-state index in [9.17, 15) is 19.4 Å². The van der Waals surface area contributed by atoms with Crippen molar-refractivity contribution >= 4 is 17.4 Å². The van der Waals surface area contributed by atoms with E-state index in [0.717, 1.165) is 50.8 Å². The third-order valence-electron chi connectivity index (χ3n) is 13.0. The molecule has 0 radical (unpaired) electrons. The highest BCUT2D eigenvalue weighted by molar-refractivity contribution is 6.31. The Morgan fingerprint density at radius 2 is 1.78 bits per heavy atom. The van der Waals surface area contributed by atoms with Crippen molar-refractivity contribution in [3.05, 3.63) is 58.4 Å². The second-order valence-electron chi connectivity index (χ2n) is 14.5. The first-order valence-electron chi connectivity index (χ1n) is 15.6. The van der Waals surface area contributed by atoms with Crippen molar-refractivity contribution in [1.29, 1.82) is 0 Å². The Bertz CT molecular complexity index is 1310. The maximum atomic E-state index is 14.9. The van der Waals surface area contributed by atoms with Crippen LogP contribution >= 0.6 is 11.6 Å². The number of β-amino-alcohol motifs (C(OH)–C–C–N with tert-alkyl or cyclic N) is 1. The van der Waals surface area contributed by atoms with Gasteiger partial charge in [0.25, 0.3) is 0 Å². The smallest absolute Gasteiger partial charge is 0.164 e. The van der Waals surface area contributed by atoms with Gasteiger partial charge in [-0.15, -0.1) is 0 Å². The lowest BCUT2D eigenvalue weighted by Gasteiger charge is -2.71. The molecule has 5 nitrogen and oxygen atoms in total. The van der Waals surface area contributed by atoms with E-state index in [2.05, 4.69) is 37.0 Å². The average Bonchev–Trinajstić information content (AvgIpc) is 3.21. The molecule has 8 atom stereocenters. The van der Waals surface area contributed by atoms with Crippen molar-refractivity contribution in [3.8, 4) is 0 Å². The summed E-state index contributed by atoms with van der Waals surface area (Å²) in [6.07, 6.45) is 12.0. The number of aliphatic hydroxyl groups excluding tert-OH is 1. The predicted octanol–water partition coefficient (Wildman–Crippen LogP) is 5.51. The van der Waals surface area contributed by atoms with E-state index in [-0.39, 0.29) is 45.5 Å². The van der Waals surface area contributed by atoms with Crippen molar-refractivity contribution in [2.24, 2.45) is 33.5 Å². The number of allylic oxidation sites excluding steroid dienone is 4. The van der Waals surface area contributed by atoms with Crippen molar-refractivity contribution in [1.82, 2.24) is 4.90 Å². The van der Waals surface area contributed by atoms with Gasteiger partial charge in [-0.2, -0.15) is 0 Å². The van der Waals surface area contributed by atoms with Crippen LogP contribution in [-0.4, -0.2) is 65.4 Å². The van der Waals surface area contributed by atoms with Crippen LogP contribution in [-0.2, 0) is 16.0 Å². The van der Waals surface area contributed by atoms with Crippen LogP contribution in [0.1, 0.15) is 64.4 Å². The highest BCUT2D eigenvalue weighted by Gasteiger charge is 2.74. The van der Waals surface area contributed by atoms with Gasteiger partial charge in [-0.1, -0.05) is 49.7 Å². The topological polar surface area (TPSA) is 70.0 Å². The average molecular weight is 584 g/mol. The SMILES string of the molecule is C[C@]12CC[C@H]3[C@]4(C=C[C@@]5(C=C4C(=O)Cc4c(F)cccc4Cl)CC(O)CC[C@]35C)[C@@H]1CC[C@@]2(O)CN1CCOCC1. The maximum Gasteiger partial charge on any atom is 0.164 e. The number of hydrogen-bond donors (Lipinski definition) is 2. The summed E-state index contributed by atoms with van der Waals surface area (Å²) in [7, 11) is 0. The number of ether oxygens (including phenoxy) is 1. The van der Waals surface area contributed by atoms with Crippen LogP contribution in [0.2, 0.25) is 5.02 Å². The Labute approximate surface area is 247 Å². The number of carbonyl (C=O) groups is 1. The summed E-state index contributed by atoms with van der Waals surface area (Å²) in [6.45, 7) is 8.31. The van der Waals surface area contributed by atoms with Gasteiger partial charge in [0.15, 0.2) is 5.78 Å². The summed E-state index contributed by atoms with van der Waals surface area (Å²) in [5.41, 5.74) is -1.25. The van der Waals surface area contributed by atoms with Crippen LogP contribution in [0.25, 0.3) is 0 Å². The molecular weight excluding hydrogens is 541 g/mol. The van der Waals surface area contributed by atoms with Crippen LogP contribution < -0.4 is 0 Å². The number of fused-ring (bicyclic) bond motifs is 1. The Morgan fingerprint density at radius 3 is 2.54 bits per heavy atom. The molecule has 222 valence electrons. The van der Waals surface area contributed by atoms with Gasteiger partial charge in [0.05, 0.1) is 24.9 Å². The van der Waals surface area contributed by atoms with Gasteiger partial charge in [-0.25, -0.2) is 4.39 Å². The standard InChI is InChI=1S/C34H43ClFNO4/c1-30-9-6-22(38)19-32(30)12-13-34(24(20-32)27(39)18-23-25(35)4-3-5-26(23)36)28(30)7-10-31(2)29(34)8-11-33(31,40)21-37-14-16-41-17-15-37/h3-5,12-13,20,22,28-29,38,40H,6-11,14-19,21H2,1-2H3/t22?,28-,29-,30-,31+,32+,33-,34-/m1/s1. The van der Waals surface area contributed by atoms with E-state index in [1.807, 2.05) is 0 Å². The fraction of sp³-hybridized carbons (Fsp3) is 0.676. The lowest BCUT2D eigenvalue weighted by molar-refractivity contribution is -0.180. The quantitative estimate of drug-likeness (QED) is 0.447. The molecule has 0 aromatic heterocycles. The summed E-state index contributed by atoms with van der Waals surface area (Å²) < 4.78 is 20.5. The van der Waals surface area contributed by atoms with Gasteiger partial charge in [-0.05, 0) is 74.3 Å². The molecule has 1 unspecified atom stereocenters. The van der Waals surface area contributed by atoms with Crippen molar-refractivity contribution < 1.29 is 24.1 Å². The molecule has 6 aliphatic carbocycles. The number of halogens is 2. The molecule has 4 fully saturated rings. The molecule has 2 spiro atoms. The minimum Gasteiger partial charge on any atom is -0.393 e. The minimum atomic E-state index is -0.860. The fourth-order valence-corrected chi connectivity index (χ4v) is 11.0. The van der Waals surface area contributed by atoms with Gasteiger partial charge in [0.1, 0.15) is 5.82 Å². The van der Waals surface area contributed by atoms with Gasteiger partial charge in [0, 0.05) is 58.5 Å². The summed E-state index contributed by atoms with van der Waals surface area (Å²) in [5, 5.41) is 23.6. The normalized spacial score (nSPS) is 45.1. The van der Waals surface area contributed by atoms with E-state index in [1.165, 1.54) is 6.07 Å². The molecular formula is C34H43ClFNO4. The Morgan fingerprint density at radius 1 is 1.07 bits per heavy atom. The largest absolute Gasteiger partial charge is 0.393 e. The number of rotatable bonds is 5. The first-order valence-corrected chi connectivity index (χ1v) is 16.0. The van der Waals surface area contributed by atoms with E-state index in [0.29, 0.717) is 32.6 Å². The van der Waals surface area contributed by atoms with Crippen LogP contribution in [0.4, 0.5) is 4.39 Å². The number of carbonyl (C=O) groups excluding carboxylic acids is 1. The van der Waals surface area contributed by atoms with Crippen LogP contribution in [0.3, 0.4) is 0 Å². The van der Waals surface area contributed by atoms with Crippen molar-refractivity contribution in [2.45, 2.75) is 76.9 Å². The van der Waals surface area contributed by atoms with Crippen molar-refractivity contribution in [2.75, 3.05) is 32.8 Å². The molecule has 2 N–H and O–H groups in total. The molecule has 0 amide bonds. The zero-order chi connectivity index (χ0) is 28.8. The van der Waals surface area contributed by atoms with Crippen LogP contribution in [0, 0.1) is 39.3 Å². The number of hydrogen-bond acceptors (Lipinski definition) is 5. The lowest BCUT2D eigenvalue weighted by Crippen LogP contribution is -2.67. The third kappa shape index (κ3) is 3.76. The maximum absolute atomic E-state index is 14.9. The second kappa shape index (κ2) is 9.46. The van der Waals surface area contributed by atoms with Gasteiger partial charge < -0.3 is 14.9 Å². The summed E-state index contributed by atoms with van der Waals surface area (Å²) in [4.78, 5) is 16.8.